The maximum atomic E-state index is 12.5. The van der Waals surface area contributed by atoms with Crippen molar-refractivity contribution in [2.24, 2.45) is 0 Å². The fraction of sp³-hybridized carbons (Fsp3) is 0.182. The van der Waals surface area contributed by atoms with Crippen LogP contribution in [0, 0.1) is 0 Å². The van der Waals surface area contributed by atoms with Gasteiger partial charge in [-0.2, -0.15) is 0 Å². The van der Waals surface area contributed by atoms with Gasteiger partial charge in [0.15, 0.2) is 11.5 Å². The standard InChI is InChI=1S/C22H23N3O4/c1-27-18-6-4-5-16(12-18)25-17-9-10-23-19(13-17)22(26)24-14-15-7-8-20(28-2)21(11-15)29-3/h4-13H,14H2,1-3H3,(H,23,25)(H,24,26). The van der Waals surface area contributed by atoms with Crippen molar-refractivity contribution in [3.8, 4) is 17.2 Å². The van der Waals surface area contributed by atoms with E-state index in [1.54, 1.807) is 45.7 Å². The van der Waals surface area contributed by atoms with Gasteiger partial charge in [-0.05, 0) is 42.0 Å². The van der Waals surface area contributed by atoms with E-state index in [0.29, 0.717) is 23.7 Å². The van der Waals surface area contributed by atoms with Gasteiger partial charge in [0, 0.05) is 30.2 Å². The lowest BCUT2D eigenvalue weighted by Gasteiger charge is -2.11. The minimum absolute atomic E-state index is 0.269. The molecule has 0 unspecified atom stereocenters. The van der Waals surface area contributed by atoms with E-state index in [0.717, 1.165) is 22.7 Å². The molecule has 3 aromatic rings. The van der Waals surface area contributed by atoms with Gasteiger partial charge in [0.2, 0.25) is 0 Å². The third kappa shape index (κ3) is 5.16. The number of aromatic nitrogens is 1. The van der Waals surface area contributed by atoms with Crippen LogP contribution < -0.4 is 24.8 Å². The van der Waals surface area contributed by atoms with E-state index in [1.165, 1.54) is 0 Å². The highest BCUT2D eigenvalue weighted by Crippen LogP contribution is 2.27. The first-order valence-corrected chi connectivity index (χ1v) is 8.99. The molecule has 0 bridgehead atoms. The number of rotatable bonds is 8. The summed E-state index contributed by atoms with van der Waals surface area (Å²) >= 11 is 0. The van der Waals surface area contributed by atoms with Crippen molar-refractivity contribution in [3.05, 3.63) is 72.1 Å². The molecule has 0 fully saturated rings. The second-order valence-electron chi connectivity index (χ2n) is 6.16. The zero-order valence-corrected chi connectivity index (χ0v) is 16.6. The first kappa shape index (κ1) is 20.0. The van der Waals surface area contributed by atoms with E-state index in [1.807, 2.05) is 36.4 Å². The van der Waals surface area contributed by atoms with Crippen LogP contribution in [0.15, 0.2) is 60.8 Å². The third-order valence-corrected chi connectivity index (χ3v) is 4.25. The fourth-order valence-electron chi connectivity index (χ4n) is 2.76. The van der Waals surface area contributed by atoms with Gasteiger partial charge in [-0.25, -0.2) is 0 Å². The van der Waals surface area contributed by atoms with Crippen LogP contribution in [0.1, 0.15) is 16.1 Å². The van der Waals surface area contributed by atoms with E-state index in [2.05, 4.69) is 15.6 Å². The molecule has 2 N–H and O–H groups in total. The van der Waals surface area contributed by atoms with Crippen molar-refractivity contribution in [2.75, 3.05) is 26.6 Å². The number of nitrogens with zero attached hydrogens (tertiary/aromatic N) is 1. The molecular formula is C22H23N3O4. The van der Waals surface area contributed by atoms with Gasteiger partial charge in [-0.3, -0.25) is 9.78 Å². The molecule has 1 heterocycles. The van der Waals surface area contributed by atoms with Crippen LogP contribution in [0.3, 0.4) is 0 Å². The summed E-state index contributed by atoms with van der Waals surface area (Å²) in [5.41, 5.74) is 2.82. The second-order valence-corrected chi connectivity index (χ2v) is 6.16. The Balaban J connectivity index is 1.66. The maximum absolute atomic E-state index is 12.5. The van der Waals surface area contributed by atoms with Gasteiger partial charge in [-0.15, -0.1) is 0 Å². The first-order chi connectivity index (χ1) is 14.1. The quantitative estimate of drug-likeness (QED) is 0.606. The Morgan fingerprint density at radius 1 is 0.897 bits per heavy atom. The highest BCUT2D eigenvalue weighted by molar-refractivity contribution is 5.93. The molecule has 150 valence electrons. The molecule has 3 rings (SSSR count). The molecule has 0 saturated carbocycles. The third-order valence-electron chi connectivity index (χ3n) is 4.25. The summed E-state index contributed by atoms with van der Waals surface area (Å²) in [7, 11) is 4.77. The number of carbonyl (C=O) groups is 1. The molecule has 29 heavy (non-hydrogen) atoms. The summed E-state index contributed by atoms with van der Waals surface area (Å²) in [4.78, 5) is 16.7. The molecule has 0 atom stereocenters. The van der Waals surface area contributed by atoms with E-state index < -0.39 is 0 Å². The Morgan fingerprint density at radius 2 is 1.69 bits per heavy atom. The average molecular weight is 393 g/mol. The summed E-state index contributed by atoms with van der Waals surface area (Å²) in [5, 5.41) is 6.11. The monoisotopic (exact) mass is 393 g/mol. The zero-order chi connectivity index (χ0) is 20.6. The number of anilines is 2. The van der Waals surface area contributed by atoms with Crippen LogP contribution in [0.25, 0.3) is 0 Å². The SMILES string of the molecule is COc1cccc(Nc2ccnc(C(=O)NCc3ccc(OC)c(OC)c3)c2)c1. The van der Waals surface area contributed by atoms with Crippen LogP contribution >= 0.6 is 0 Å². The highest BCUT2D eigenvalue weighted by Gasteiger charge is 2.10. The van der Waals surface area contributed by atoms with Crippen LogP contribution in [0.2, 0.25) is 0 Å². The Labute approximate surface area is 169 Å². The van der Waals surface area contributed by atoms with Crippen LogP contribution in [0.5, 0.6) is 17.2 Å². The summed E-state index contributed by atoms with van der Waals surface area (Å²) < 4.78 is 15.7. The van der Waals surface area contributed by atoms with Crippen molar-refractivity contribution in [1.82, 2.24) is 10.3 Å². The van der Waals surface area contributed by atoms with E-state index in [9.17, 15) is 4.79 Å². The van der Waals surface area contributed by atoms with Gasteiger partial charge < -0.3 is 24.8 Å². The summed E-state index contributed by atoms with van der Waals surface area (Å²) in [6.07, 6.45) is 1.59. The number of pyridine rings is 1. The van der Waals surface area contributed by atoms with E-state index in [4.69, 9.17) is 14.2 Å². The number of nitrogens with one attached hydrogen (secondary N) is 2. The highest BCUT2D eigenvalue weighted by atomic mass is 16.5. The molecule has 0 aliphatic rings. The number of amides is 1. The predicted molar refractivity (Wildman–Crippen MR) is 111 cm³/mol. The number of hydrogen-bond acceptors (Lipinski definition) is 6. The molecule has 0 radical (unpaired) electrons. The molecular weight excluding hydrogens is 370 g/mol. The van der Waals surface area contributed by atoms with Gasteiger partial charge in [0.1, 0.15) is 11.4 Å². The Kier molecular flexibility index (Phi) is 6.52. The Hall–Kier alpha value is -3.74. The maximum Gasteiger partial charge on any atom is 0.270 e. The average Bonchev–Trinajstić information content (AvgIpc) is 2.77. The summed E-state index contributed by atoms with van der Waals surface area (Å²) in [5.74, 6) is 1.73. The predicted octanol–water partition coefficient (Wildman–Crippen LogP) is 3.78. The molecule has 0 aliphatic heterocycles. The molecule has 1 aromatic heterocycles. The lowest BCUT2D eigenvalue weighted by atomic mass is 10.2. The number of hydrogen-bond donors (Lipinski definition) is 2. The lowest BCUT2D eigenvalue weighted by molar-refractivity contribution is 0.0946. The largest absolute Gasteiger partial charge is 0.497 e. The molecule has 7 nitrogen and oxygen atoms in total. The molecule has 0 saturated heterocycles. The van der Waals surface area contributed by atoms with Crippen molar-refractivity contribution in [1.29, 1.82) is 0 Å². The van der Waals surface area contributed by atoms with Crippen molar-refractivity contribution in [2.45, 2.75) is 6.54 Å². The van der Waals surface area contributed by atoms with Gasteiger partial charge >= 0.3 is 0 Å². The van der Waals surface area contributed by atoms with Crippen LogP contribution in [-0.4, -0.2) is 32.2 Å². The van der Waals surface area contributed by atoms with E-state index in [-0.39, 0.29) is 5.91 Å². The van der Waals surface area contributed by atoms with Crippen molar-refractivity contribution < 1.29 is 19.0 Å². The molecule has 0 spiro atoms. The number of ether oxygens (including phenoxy) is 3. The fourth-order valence-corrected chi connectivity index (χ4v) is 2.76. The zero-order valence-electron chi connectivity index (χ0n) is 16.6. The molecule has 7 heteroatoms. The normalized spacial score (nSPS) is 10.2. The van der Waals surface area contributed by atoms with Gasteiger partial charge in [0.25, 0.3) is 5.91 Å². The number of benzene rings is 2. The Morgan fingerprint density at radius 3 is 2.45 bits per heavy atom. The first-order valence-electron chi connectivity index (χ1n) is 8.99. The Bertz CT molecular complexity index is 991. The topological polar surface area (TPSA) is 81.7 Å². The number of methoxy groups -OCH3 is 3. The van der Waals surface area contributed by atoms with E-state index >= 15 is 0 Å². The van der Waals surface area contributed by atoms with Crippen molar-refractivity contribution >= 4 is 17.3 Å². The van der Waals surface area contributed by atoms with Gasteiger partial charge in [0.05, 0.1) is 21.3 Å². The minimum atomic E-state index is -0.269. The summed E-state index contributed by atoms with van der Waals surface area (Å²) in [6, 6.07) is 16.5. The summed E-state index contributed by atoms with van der Waals surface area (Å²) in [6.45, 7) is 0.342. The second kappa shape index (κ2) is 9.45. The van der Waals surface area contributed by atoms with Crippen LogP contribution in [0.4, 0.5) is 11.4 Å². The molecule has 2 aromatic carbocycles. The van der Waals surface area contributed by atoms with Crippen molar-refractivity contribution in [3.63, 3.8) is 0 Å². The minimum Gasteiger partial charge on any atom is -0.497 e. The lowest BCUT2D eigenvalue weighted by Crippen LogP contribution is -2.23. The molecule has 1 amide bonds. The smallest absolute Gasteiger partial charge is 0.270 e. The number of carbonyl (C=O) groups excluding carboxylic acids is 1. The van der Waals surface area contributed by atoms with Crippen LogP contribution in [-0.2, 0) is 6.54 Å². The molecule has 0 aliphatic carbocycles. The van der Waals surface area contributed by atoms with Gasteiger partial charge in [-0.1, -0.05) is 12.1 Å².